The van der Waals surface area contributed by atoms with Gasteiger partial charge in [0.2, 0.25) is 0 Å². The molecule has 0 bridgehead atoms. The lowest BCUT2D eigenvalue weighted by Gasteiger charge is -2.34. The summed E-state index contributed by atoms with van der Waals surface area (Å²) in [5, 5.41) is 55.9. The Morgan fingerprint density at radius 1 is 0.371 bits per heavy atom. The van der Waals surface area contributed by atoms with Crippen molar-refractivity contribution >= 4 is 17.9 Å². The van der Waals surface area contributed by atoms with Gasteiger partial charge in [0.1, 0.15) is 36.1 Å². The Kier molecular flexibility index (Phi) is 46.9. The van der Waals surface area contributed by atoms with Gasteiger partial charge in [-0.15, -0.1) is 0 Å². The number of rotatable bonds is 45. The Bertz CT molecular complexity index is 2400. The maximum Gasteiger partial charge on any atom is 0.337 e. The molecule has 20 heteroatoms. The lowest BCUT2D eigenvalue weighted by atomic mass is 9.72. The highest BCUT2D eigenvalue weighted by atomic mass is 16.6. The fourth-order valence-corrected chi connectivity index (χ4v) is 11.3. The molecule has 3 aromatic carbocycles. The first kappa shape index (κ1) is 92.5. The van der Waals surface area contributed by atoms with Crippen LogP contribution in [-0.2, 0) is 72.1 Å². The molecule has 97 heavy (non-hydrogen) atoms. The molecule has 560 valence electrons. The zero-order chi connectivity index (χ0) is 72.5. The maximum absolute atomic E-state index is 12.7. The van der Waals surface area contributed by atoms with E-state index in [-0.39, 0.29) is 125 Å². The Labute approximate surface area is 584 Å². The van der Waals surface area contributed by atoms with Gasteiger partial charge in [-0.3, -0.25) is 9.59 Å². The first-order valence-corrected chi connectivity index (χ1v) is 34.4. The van der Waals surface area contributed by atoms with Gasteiger partial charge < -0.3 is 82.7 Å². The van der Waals surface area contributed by atoms with E-state index in [0.717, 1.165) is 88.6 Å². The number of carbonyl (C=O) groups is 3. The van der Waals surface area contributed by atoms with Gasteiger partial charge in [-0.05, 0) is 255 Å². The molecule has 0 aliphatic rings. The molecule has 20 nitrogen and oxygen atoms in total. The Morgan fingerprint density at radius 3 is 0.856 bits per heavy atom. The van der Waals surface area contributed by atoms with E-state index in [2.05, 4.69) is 0 Å². The molecule has 0 saturated carbocycles. The van der Waals surface area contributed by atoms with E-state index < -0.39 is 5.97 Å². The Balaban J connectivity index is 0.00000142. The number of esters is 3. The summed E-state index contributed by atoms with van der Waals surface area (Å²) in [6.07, 6.45) is 9.70. The second-order valence-corrected chi connectivity index (χ2v) is 28.5. The first-order valence-electron chi connectivity index (χ1n) is 34.4. The molecule has 0 aliphatic carbocycles. The summed E-state index contributed by atoms with van der Waals surface area (Å²) in [6, 6.07) is 11.9. The van der Waals surface area contributed by atoms with Crippen LogP contribution < -0.4 is 14.2 Å². The minimum atomic E-state index is -0.467. The van der Waals surface area contributed by atoms with Crippen LogP contribution in [0.15, 0.2) is 36.4 Å². The summed E-state index contributed by atoms with van der Waals surface area (Å²) >= 11 is 0. The number of hydrogen-bond donors (Lipinski definition) is 6. The third-order valence-electron chi connectivity index (χ3n) is 16.3. The van der Waals surface area contributed by atoms with Crippen molar-refractivity contribution in [3.8, 4) is 17.2 Å². The number of carbonyl (C=O) groups excluding carboxylic acids is 3. The Morgan fingerprint density at radius 2 is 0.619 bits per heavy atom. The van der Waals surface area contributed by atoms with Crippen molar-refractivity contribution in [2.75, 3.05) is 94.0 Å². The van der Waals surface area contributed by atoms with E-state index in [1.807, 2.05) is 140 Å². The predicted octanol–water partition coefficient (Wildman–Crippen LogP) is 13.1. The molecule has 0 aliphatic heterocycles. The molecule has 3 aromatic rings. The van der Waals surface area contributed by atoms with Crippen molar-refractivity contribution in [3.63, 3.8) is 0 Å². The Hall–Kier alpha value is -4.49. The zero-order valence-electron chi connectivity index (χ0n) is 62.2. The van der Waals surface area contributed by atoms with E-state index in [1.165, 1.54) is 0 Å². The number of benzene rings is 3. The normalized spacial score (nSPS) is 12.6. The van der Waals surface area contributed by atoms with Crippen LogP contribution >= 0.6 is 0 Å². The molecule has 0 radical (unpaired) electrons. The average molecular weight is 1380 g/mol. The summed E-state index contributed by atoms with van der Waals surface area (Å²) in [5.41, 5.74) is 7.44. The molecular formula is C77H132O20. The molecule has 0 heterocycles. The van der Waals surface area contributed by atoms with Gasteiger partial charge in [0.05, 0.1) is 63.1 Å². The third-order valence-corrected chi connectivity index (χ3v) is 16.3. The highest BCUT2D eigenvalue weighted by Crippen LogP contribution is 2.42. The van der Waals surface area contributed by atoms with Gasteiger partial charge >= 0.3 is 17.9 Å². The lowest BCUT2D eigenvalue weighted by molar-refractivity contribution is -0.142. The van der Waals surface area contributed by atoms with Crippen molar-refractivity contribution in [3.05, 3.63) is 86.5 Å². The van der Waals surface area contributed by atoms with Crippen LogP contribution in [0.2, 0.25) is 0 Å². The molecule has 2 atom stereocenters. The molecule has 0 aromatic heterocycles. The fraction of sp³-hybridized carbons (Fsp3) is 0.727. The van der Waals surface area contributed by atoms with Crippen molar-refractivity contribution in [2.45, 2.75) is 263 Å². The summed E-state index contributed by atoms with van der Waals surface area (Å²) in [5.74, 6) is 0.716. The van der Waals surface area contributed by atoms with Gasteiger partial charge in [0, 0.05) is 73.8 Å². The van der Waals surface area contributed by atoms with Crippen LogP contribution in [0.3, 0.4) is 0 Å². The number of aryl methyl sites for hydroxylation is 6. The van der Waals surface area contributed by atoms with Crippen LogP contribution in [0.5, 0.6) is 17.2 Å². The van der Waals surface area contributed by atoms with E-state index >= 15 is 0 Å². The van der Waals surface area contributed by atoms with Gasteiger partial charge in [0.15, 0.2) is 0 Å². The fourth-order valence-electron chi connectivity index (χ4n) is 11.3. The van der Waals surface area contributed by atoms with Gasteiger partial charge in [-0.1, -0.05) is 43.8 Å². The second-order valence-electron chi connectivity index (χ2n) is 28.5. The summed E-state index contributed by atoms with van der Waals surface area (Å²) < 4.78 is 61.3. The van der Waals surface area contributed by atoms with Crippen LogP contribution in [0, 0.1) is 52.4 Å². The smallest absolute Gasteiger partial charge is 0.337 e. The van der Waals surface area contributed by atoms with Crippen LogP contribution in [0.1, 0.15) is 223 Å². The molecular weight excluding hydrogens is 1240 g/mol. The molecule has 2 unspecified atom stereocenters. The van der Waals surface area contributed by atoms with Crippen LogP contribution in [0.4, 0.5) is 0 Å². The van der Waals surface area contributed by atoms with Gasteiger partial charge in [-0.2, -0.15) is 0 Å². The first-order chi connectivity index (χ1) is 45.2. The van der Waals surface area contributed by atoms with Gasteiger partial charge in [0.25, 0.3) is 0 Å². The van der Waals surface area contributed by atoms with Crippen LogP contribution in [-0.4, -0.2) is 172 Å². The molecule has 0 saturated heterocycles. The van der Waals surface area contributed by atoms with E-state index in [0.29, 0.717) is 108 Å². The summed E-state index contributed by atoms with van der Waals surface area (Å²) in [7, 11) is 4.78. The summed E-state index contributed by atoms with van der Waals surface area (Å²) in [4.78, 5) is 37.7. The molecule has 0 fully saturated rings. The van der Waals surface area contributed by atoms with Crippen molar-refractivity contribution in [2.24, 2.45) is 10.8 Å². The van der Waals surface area contributed by atoms with Crippen molar-refractivity contribution in [1.82, 2.24) is 0 Å². The summed E-state index contributed by atoms with van der Waals surface area (Å²) in [6.45, 7) is 32.9. The topological polar surface area (TPSA) is 274 Å². The lowest BCUT2D eigenvalue weighted by Crippen LogP contribution is -2.30. The van der Waals surface area contributed by atoms with Crippen molar-refractivity contribution < 1.29 is 97.1 Å². The quantitative estimate of drug-likeness (QED) is 0.0227. The maximum atomic E-state index is 12.7. The van der Waals surface area contributed by atoms with E-state index in [1.54, 1.807) is 21.3 Å². The highest BCUT2D eigenvalue weighted by Gasteiger charge is 2.32. The minimum Gasteiger partial charge on any atom is -0.426 e. The zero-order valence-corrected chi connectivity index (χ0v) is 62.2. The minimum absolute atomic E-state index is 0. The predicted molar refractivity (Wildman–Crippen MR) is 381 cm³/mol. The second kappa shape index (κ2) is 49.1. The van der Waals surface area contributed by atoms with E-state index in [9.17, 15) is 45.0 Å². The molecule has 0 spiro atoms. The SMILES string of the molecule is C.COCC(COCC(COCC(=O)Oc1c(C)cc(COC(C)(C)C)cc1C)OC)OC.Cc1cc(COC(C)(C)C)cc(C)c1OC(=O)CCC(CCCO)(CCCO)CCCO.Cc1cc(COC(C)(C)C)cc(C)c1OC(=O)CCC(CCCO)(CCCO)CCCO. The third kappa shape index (κ3) is 40.5. The number of hydrogen-bond acceptors (Lipinski definition) is 20. The standard InChI is InChI=1S/2C26H44O6.C24H40O8.CH4/c2*1-20-17-22(19-31-25(3,4)5)18-21(2)24(20)32-23(30)9-13-26(10-6-14-27,11-7-15-28)12-8-16-29;1-17-9-19(11-31-24(3,4)5)10-18(2)23(17)32-22(25)16-30-15-21(28-8)14-29-13-20(27-7)12-26-6;/h2*17-18,27-29H,6-16,19H2,1-5H3;9-10,20-21H,11-16H2,1-8H3;1H4. The number of methoxy groups -OCH3 is 3. The van der Waals surface area contributed by atoms with Crippen molar-refractivity contribution in [1.29, 1.82) is 0 Å². The largest absolute Gasteiger partial charge is 0.426 e. The number of aliphatic hydroxyl groups excluding tert-OH is 6. The van der Waals surface area contributed by atoms with Gasteiger partial charge in [-0.25, -0.2) is 4.79 Å². The highest BCUT2D eigenvalue weighted by molar-refractivity contribution is 5.75. The monoisotopic (exact) mass is 1380 g/mol. The molecule has 6 N–H and O–H groups in total. The average Bonchev–Trinajstić information content (AvgIpc) is 0.857. The van der Waals surface area contributed by atoms with Crippen LogP contribution in [0.25, 0.3) is 0 Å². The number of aliphatic hydroxyl groups is 6. The molecule has 0 amide bonds. The number of ether oxygens (including phenoxy) is 11. The van der Waals surface area contributed by atoms with E-state index in [4.69, 9.17) is 52.1 Å². The molecule has 3 rings (SSSR count).